The number of methoxy groups -OCH3 is 1. The first-order chi connectivity index (χ1) is 14.6. The normalized spacial score (nSPS) is 10.6. The number of unbranched alkanes of at least 4 members (excludes halogenated alkanes) is 1. The van der Waals surface area contributed by atoms with Gasteiger partial charge in [-0.15, -0.1) is 11.3 Å². The molecule has 0 radical (unpaired) electrons. The molecule has 6 heteroatoms. The Bertz CT molecular complexity index is 958. The highest BCUT2D eigenvalue weighted by molar-refractivity contribution is 9.10. The summed E-state index contributed by atoms with van der Waals surface area (Å²) in [4.78, 5) is 16.3. The molecule has 30 heavy (non-hydrogen) atoms. The molecule has 0 unspecified atom stereocenters. The van der Waals surface area contributed by atoms with Crippen LogP contribution in [-0.2, 0) is 13.2 Å². The van der Waals surface area contributed by atoms with Crippen molar-refractivity contribution in [3.63, 3.8) is 0 Å². The van der Waals surface area contributed by atoms with E-state index in [0.717, 1.165) is 34.3 Å². The zero-order chi connectivity index (χ0) is 21.3. The molecule has 1 aromatic heterocycles. The molecule has 0 fully saturated rings. The summed E-state index contributed by atoms with van der Waals surface area (Å²) in [5.74, 6) is 1.19. The maximum absolute atomic E-state index is 13.2. The molecule has 0 spiro atoms. The standard InChI is InChI=1S/C24H26BrNO3S/c1-3-4-12-26(15-21-14-20(25)17-30-21)24(27)19-10-11-22(23(13-19)28-2)29-16-18-8-6-5-7-9-18/h5-11,13-14,17H,3-4,12,15-16H2,1-2H3. The van der Waals surface area contributed by atoms with E-state index >= 15 is 0 Å². The van der Waals surface area contributed by atoms with E-state index in [1.807, 2.05) is 52.7 Å². The van der Waals surface area contributed by atoms with Gasteiger partial charge in [-0.25, -0.2) is 0 Å². The van der Waals surface area contributed by atoms with Gasteiger partial charge in [0.25, 0.3) is 5.91 Å². The second kappa shape index (κ2) is 11.2. The number of ether oxygens (including phenoxy) is 2. The summed E-state index contributed by atoms with van der Waals surface area (Å²) in [5.41, 5.74) is 1.68. The quantitative estimate of drug-likeness (QED) is 0.325. The number of hydrogen-bond acceptors (Lipinski definition) is 4. The minimum absolute atomic E-state index is 0.000817. The Morgan fingerprint density at radius 1 is 1.10 bits per heavy atom. The van der Waals surface area contributed by atoms with Crippen LogP contribution in [0.1, 0.15) is 40.6 Å². The Labute approximate surface area is 190 Å². The predicted octanol–water partition coefficient (Wildman–Crippen LogP) is 6.54. The molecule has 0 N–H and O–H groups in total. The molecule has 0 bridgehead atoms. The summed E-state index contributed by atoms with van der Waals surface area (Å²) in [6.45, 7) is 3.90. The number of carbonyl (C=O) groups excluding carboxylic acids is 1. The largest absolute Gasteiger partial charge is 0.493 e. The number of thiophene rings is 1. The average molecular weight is 488 g/mol. The van der Waals surface area contributed by atoms with E-state index in [4.69, 9.17) is 9.47 Å². The summed E-state index contributed by atoms with van der Waals surface area (Å²) in [6.07, 6.45) is 2.00. The van der Waals surface area contributed by atoms with Gasteiger partial charge in [0.2, 0.25) is 0 Å². The third-order valence-corrected chi connectivity index (χ3v) is 6.37. The molecule has 158 valence electrons. The fourth-order valence-electron chi connectivity index (χ4n) is 3.06. The van der Waals surface area contributed by atoms with Crippen LogP contribution >= 0.6 is 27.3 Å². The summed E-state index contributed by atoms with van der Waals surface area (Å²) in [6, 6.07) is 17.4. The molecule has 0 atom stereocenters. The molecule has 0 aliphatic heterocycles. The van der Waals surface area contributed by atoms with Gasteiger partial charge in [-0.1, -0.05) is 43.7 Å². The van der Waals surface area contributed by atoms with Gasteiger partial charge in [-0.2, -0.15) is 0 Å². The molecule has 0 aliphatic rings. The number of halogens is 1. The Hall–Kier alpha value is -2.31. The smallest absolute Gasteiger partial charge is 0.254 e. The predicted molar refractivity (Wildman–Crippen MR) is 125 cm³/mol. The third kappa shape index (κ3) is 6.09. The lowest BCUT2D eigenvalue weighted by atomic mass is 10.1. The zero-order valence-corrected chi connectivity index (χ0v) is 19.7. The number of nitrogens with zero attached hydrogens (tertiary/aromatic N) is 1. The van der Waals surface area contributed by atoms with E-state index in [1.165, 1.54) is 0 Å². The molecular formula is C24H26BrNO3S. The number of amides is 1. The lowest BCUT2D eigenvalue weighted by molar-refractivity contribution is 0.0742. The van der Waals surface area contributed by atoms with Crippen LogP contribution in [0.3, 0.4) is 0 Å². The topological polar surface area (TPSA) is 38.8 Å². The summed E-state index contributed by atoms with van der Waals surface area (Å²) in [5, 5.41) is 2.04. The second-order valence-corrected chi connectivity index (χ2v) is 8.86. The Balaban J connectivity index is 1.75. The van der Waals surface area contributed by atoms with E-state index in [1.54, 1.807) is 24.5 Å². The van der Waals surface area contributed by atoms with Crippen molar-refractivity contribution in [2.45, 2.75) is 32.9 Å². The third-order valence-electron chi connectivity index (χ3n) is 4.68. The van der Waals surface area contributed by atoms with Crippen molar-refractivity contribution in [2.75, 3.05) is 13.7 Å². The number of benzene rings is 2. The molecule has 0 aliphatic carbocycles. The van der Waals surface area contributed by atoms with Crippen LogP contribution in [-0.4, -0.2) is 24.5 Å². The first kappa shape index (κ1) is 22.4. The fourth-order valence-corrected chi connectivity index (χ4v) is 4.53. The Morgan fingerprint density at radius 2 is 1.90 bits per heavy atom. The fraction of sp³-hybridized carbons (Fsp3) is 0.292. The van der Waals surface area contributed by atoms with Gasteiger partial charge in [0.05, 0.1) is 13.7 Å². The van der Waals surface area contributed by atoms with Gasteiger partial charge in [-0.3, -0.25) is 4.79 Å². The van der Waals surface area contributed by atoms with Crippen molar-refractivity contribution in [1.82, 2.24) is 4.90 Å². The molecule has 0 saturated heterocycles. The molecule has 2 aromatic carbocycles. The Kier molecular flexibility index (Phi) is 8.34. The van der Waals surface area contributed by atoms with Crippen LogP contribution in [0.4, 0.5) is 0 Å². The van der Waals surface area contributed by atoms with E-state index < -0.39 is 0 Å². The molecular weight excluding hydrogens is 462 g/mol. The lowest BCUT2D eigenvalue weighted by Gasteiger charge is -2.22. The monoisotopic (exact) mass is 487 g/mol. The van der Waals surface area contributed by atoms with Crippen molar-refractivity contribution in [1.29, 1.82) is 0 Å². The summed E-state index contributed by atoms with van der Waals surface area (Å²) in [7, 11) is 1.59. The van der Waals surface area contributed by atoms with E-state index in [2.05, 4.69) is 28.9 Å². The van der Waals surface area contributed by atoms with Crippen molar-refractivity contribution < 1.29 is 14.3 Å². The molecule has 1 amide bonds. The van der Waals surface area contributed by atoms with Crippen molar-refractivity contribution in [3.05, 3.63) is 80.5 Å². The second-order valence-electron chi connectivity index (χ2n) is 6.95. The number of rotatable bonds is 10. The molecule has 3 aromatic rings. The summed E-state index contributed by atoms with van der Waals surface area (Å²) < 4.78 is 12.5. The lowest BCUT2D eigenvalue weighted by Crippen LogP contribution is -2.31. The van der Waals surface area contributed by atoms with Crippen LogP contribution in [0.5, 0.6) is 11.5 Å². The minimum atomic E-state index is 0.000817. The molecule has 0 saturated carbocycles. The van der Waals surface area contributed by atoms with Crippen molar-refractivity contribution in [3.8, 4) is 11.5 Å². The Morgan fingerprint density at radius 3 is 2.57 bits per heavy atom. The van der Waals surface area contributed by atoms with Crippen LogP contribution in [0.15, 0.2) is 64.5 Å². The SMILES string of the molecule is CCCCN(Cc1cc(Br)cs1)C(=O)c1ccc(OCc2ccccc2)c(OC)c1. The average Bonchev–Trinajstić information content (AvgIpc) is 3.19. The number of hydrogen-bond donors (Lipinski definition) is 0. The molecule has 4 nitrogen and oxygen atoms in total. The van der Waals surface area contributed by atoms with Gasteiger partial charge in [0.15, 0.2) is 11.5 Å². The highest BCUT2D eigenvalue weighted by Gasteiger charge is 2.19. The highest BCUT2D eigenvalue weighted by atomic mass is 79.9. The van der Waals surface area contributed by atoms with Crippen LogP contribution in [0, 0.1) is 0 Å². The van der Waals surface area contributed by atoms with Gasteiger partial charge < -0.3 is 14.4 Å². The zero-order valence-electron chi connectivity index (χ0n) is 17.3. The van der Waals surface area contributed by atoms with Crippen LogP contribution in [0.25, 0.3) is 0 Å². The van der Waals surface area contributed by atoms with Crippen LogP contribution < -0.4 is 9.47 Å². The van der Waals surface area contributed by atoms with Gasteiger partial charge in [0, 0.05) is 26.8 Å². The minimum Gasteiger partial charge on any atom is -0.493 e. The maximum Gasteiger partial charge on any atom is 0.254 e. The highest BCUT2D eigenvalue weighted by Crippen LogP contribution is 2.30. The van der Waals surface area contributed by atoms with E-state index in [-0.39, 0.29) is 5.91 Å². The summed E-state index contributed by atoms with van der Waals surface area (Å²) >= 11 is 5.14. The van der Waals surface area contributed by atoms with Gasteiger partial charge in [-0.05, 0) is 52.2 Å². The van der Waals surface area contributed by atoms with Crippen molar-refractivity contribution in [2.24, 2.45) is 0 Å². The maximum atomic E-state index is 13.2. The van der Waals surface area contributed by atoms with Gasteiger partial charge in [0.1, 0.15) is 6.61 Å². The van der Waals surface area contributed by atoms with E-state index in [9.17, 15) is 4.79 Å². The molecule has 3 rings (SSSR count). The first-order valence-electron chi connectivity index (χ1n) is 9.97. The van der Waals surface area contributed by atoms with E-state index in [0.29, 0.717) is 30.2 Å². The van der Waals surface area contributed by atoms with Crippen LogP contribution in [0.2, 0.25) is 0 Å². The molecule has 1 heterocycles. The first-order valence-corrected chi connectivity index (χ1v) is 11.6. The number of carbonyl (C=O) groups is 1. The van der Waals surface area contributed by atoms with Gasteiger partial charge >= 0.3 is 0 Å². The van der Waals surface area contributed by atoms with Crippen molar-refractivity contribution >= 4 is 33.2 Å².